The standard InChI is InChI=1S/C15H15N5S/c1-19-7-8-20(12-5-3-2-4-11(12)19)13-10-6-9-21-14(10)18-15(16)17-13/h2-6,9H,7-8H2,1H3,(H2,16,17,18). The Bertz CT molecular complexity index is 813. The zero-order chi connectivity index (χ0) is 14.4. The van der Waals surface area contributed by atoms with Gasteiger partial charge >= 0.3 is 0 Å². The highest BCUT2D eigenvalue weighted by molar-refractivity contribution is 7.16. The average molecular weight is 297 g/mol. The lowest BCUT2D eigenvalue weighted by atomic mass is 10.1. The number of hydrogen-bond donors (Lipinski definition) is 1. The zero-order valence-electron chi connectivity index (χ0n) is 11.7. The van der Waals surface area contributed by atoms with Crippen molar-refractivity contribution < 1.29 is 0 Å². The fourth-order valence-corrected chi connectivity index (χ4v) is 3.55. The van der Waals surface area contributed by atoms with E-state index in [1.54, 1.807) is 11.3 Å². The molecule has 0 atom stereocenters. The first-order valence-corrected chi connectivity index (χ1v) is 7.70. The van der Waals surface area contributed by atoms with Gasteiger partial charge in [-0.3, -0.25) is 0 Å². The number of thiophene rings is 1. The Morgan fingerprint density at radius 1 is 1.10 bits per heavy atom. The third kappa shape index (κ3) is 1.91. The predicted octanol–water partition coefficient (Wildman–Crippen LogP) is 2.86. The summed E-state index contributed by atoms with van der Waals surface area (Å²) in [5, 5.41) is 3.10. The van der Waals surface area contributed by atoms with Crippen LogP contribution in [0, 0.1) is 0 Å². The van der Waals surface area contributed by atoms with E-state index >= 15 is 0 Å². The van der Waals surface area contributed by atoms with Crippen LogP contribution in [0.5, 0.6) is 0 Å². The summed E-state index contributed by atoms with van der Waals surface area (Å²) in [6.07, 6.45) is 0. The van der Waals surface area contributed by atoms with E-state index in [9.17, 15) is 0 Å². The molecule has 0 fully saturated rings. The van der Waals surface area contributed by atoms with Crippen molar-refractivity contribution in [1.82, 2.24) is 9.97 Å². The Balaban J connectivity index is 1.94. The van der Waals surface area contributed by atoms with E-state index in [4.69, 9.17) is 5.73 Å². The van der Waals surface area contributed by atoms with Crippen LogP contribution >= 0.6 is 11.3 Å². The van der Waals surface area contributed by atoms with Gasteiger partial charge in [-0.2, -0.15) is 4.98 Å². The molecule has 3 heterocycles. The van der Waals surface area contributed by atoms with Crippen molar-refractivity contribution in [3.05, 3.63) is 35.7 Å². The summed E-state index contributed by atoms with van der Waals surface area (Å²) >= 11 is 1.59. The van der Waals surface area contributed by atoms with Crippen LogP contribution in [-0.4, -0.2) is 30.1 Å². The number of nitrogens with zero attached hydrogens (tertiary/aromatic N) is 4. The Hall–Kier alpha value is -2.34. The predicted molar refractivity (Wildman–Crippen MR) is 88.5 cm³/mol. The minimum atomic E-state index is 0.330. The molecule has 1 aliphatic rings. The van der Waals surface area contributed by atoms with Gasteiger partial charge < -0.3 is 15.5 Å². The number of fused-ring (bicyclic) bond motifs is 2. The van der Waals surface area contributed by atoms with Gasteiger partial charge in [0.15, 0.2) is 0 Å². The highest BCUT2D eigenvalue weighted by Crippen LogP contribution is 2.39. The normalized spacial score (nSPS) is 14.5. The Morgan fingerprint density at radius 2 is 1.90 bits per heavy atom. The van der Waals surface area contributed by atoms with E-state index in [1.807, 2.05) is 5.38 Å². The smallest absolute Gasteiger partial charge is 0.223 e. The van der Waals surface area contributed by atoms with Gasteiger partial charge in [-0.15, -0.1) is 11.3 Å². The first-order valence-electron chi connectivity index (χ1n) is 6.82. The number of rotatable bonds is 1. The van der Waals surface area contributed by atoms with Crippen LogP contribution in [0.1, 0.15) is 0 Å². The Morgan fingerprint density at radius 3 is 2.76 bits per heavy atom. The highest BCUT2D eigenvalue weighted by Gasteiger charge is 2.24. The van der Waals surface area contributed by atoms with Gasteiger partial charge in [0.05, 0.1) is 16.8 Å². The van der Waals surface area contributed by atoms with Crippen LogP contribution in [-0.2, 0) is 0 Å². The van der Waals surface area contributed by atoms with Crippen LogP contribution in [0.25, 0.3) is 10.2 Å². The second-order valence-electron chi connectivity index (χ2n) is 5.11. The number of para-hydroxylation sites is 2. The van der Waals surface area contributed by atoms with Crippen molar-refractivity contribution in [2.45, 2.75) is 0 Å². The number of nitrogen functional groups attached to an aromatic ring is 1. The zero-order valence-corrected chi connectivity index (χ0v) is 12.5. The molecule has 0 bridgehead atoms. The van der Waals surface area contributed by atoms with Crippen LogP contribution in [0.3, 0.4) is 0 Å². The lowest BCUT2D eigenvalue weighted by Crippen LogP contribution is -2.37. The molecule has 1 aliphatic heterocycles. The second kappa shape index (κ2) is 4.60. The molecule has 6 heteroatoms. The third-order valence-electron chi connectivity index (χ3n) is 3.82. The number of anilines is 4. The maximum absolute atomic E-state index is 5.89. The third-order valence-corrected chi connectivity index (χ3v) is 4.63. The molecule has 0 amide bonds. The fourth-order valence-electron chi connectivity index (χ4n) is 2.79. The Labute approximate surface area is 126 Å². The summed E-state index contributed by atoms with van der Waals surface area (Å²) in [5.74, 6) is 1.23. The molecule has 2 aromatic heterocycles. The van der Waals surface area contributed by atoms with Crippen molar-refractivity contribution in [2.24, 2.45) is 0 Å². The SMILES string of the molecule is CN1CCN(c2nc(N)nc3sccc23)c2ccccc21. The molecule has 2 N–H and O–H groups in total. The van der Waals surface area contributed by atoms with Gasteiger partial charge in [-0.05, 0) is 23.6 Å². The van der Waals surface area contributed by atoms with E-state index in [1.165, 1.54) is 5.69 Å². The van der Waals surface area contributed by atoms with Crippen molar-refractivity contribution in [3.63, 3.8) is 0 Å². The van der Waals surface area contributed by atoms with Gasteiger partial charge in [-0.1, -0.05) is 12.1 Å². The van der Waals surface area contributed by atoms with Gasteiger partial charge in [-0.25, -0.2) is 4.98 Å². The molecule has 0 aliphatic carbocycles. The number of aromatic nitrogens is 2. The van der Waals surface area contributed by atoms with Crippen LogP contribution in [0.2, 0.25) is 0 Å². The van der Waals surface area contributed by atoms with Gasteiger partial charge in [0, 0.05) is 20.1 Å². The summed E-state index contributed by atoms with van der Waals surface area (Å²) in [7, 11) is 2.12. The topological polar surface area (TPSA) is 58.3 Å². The minimum absolute atomic E-state index is 0.330. The van der Waals surface area contributed by atoms with Crippen molar-refractivity contribution in [3.8, 4) is 0 Å². The van der Waals surface area contributed by atoms with E-state index in [2.05, 4.69) is 57.1 Å². The molecule has 0 spiro atoms. The Kier molecular flexibility index (Phi) is 2.71. The largest absolute Gasteiger partial charge is 0.371 e. The van der Waals surface area contributed by atoms with Gasteiger partial charge in [0.25, 0.3) is 0 Å². The van der Waals surface area contributed by atoms with Gasteiger partial charge in [0.2, 0.25) is 5.95 Å². The van der Waals surface area contributed by atoms with Gasteiger partial charge in [0.1, 0.15) is 10.6 Å². The number of nitrogens with two attached hydrogens (primary N) is 1. The average Bonchev–Trinajstić information content (AvgIpc) is 2.95. The minimum Gasteiger partial charge on any atom is -0.371 e. The molecule has 0 saturated carbocycles. The quantitative estimate of drug-likeness (QED) is 0.748. The maximum Gasteiger partial charge on any atom is 0.223 e. The lowest BCUT2D eigenvalue weighted by molar-refractivity contribution is 0.815. The molecular weight excluding hydrogens is 282 g/mol. The summed E-state index contributed by atoms with van der Waals surface area (Å²) in [4.78, 5) is 14.3. The maximum atomic E-state index is 5.89. The van der Waals surface area contributed by atoms with Crippen molar-refractivity contribution >= 4 is 44.7 Å². The van der Waals surface area contributed by atoms with E-state index in [0.29, 0.717) is 5.95 Å². The fraction of sp³-hybridized carbons (Fsp3) is 0.200. The molecule has 3 aromatic rings. The lowest BCUT2D eigenvalue weighted by Gasteiger charge is -2.36. The molecule has 0 radical (unpaired) electrons. The summed E-state index contributed by atoms with van der Waals surface area (Å²) in [6.45, 7) is 1.83. The molecule has 21 heavy (non-hydrogen) atoms. The molecular formula is C15H15N5S. The second-order valence-corrected chi connectivity index (χ2v) is 6.00. The van der Waals surface area contributed by atoms with E-state index in [0.717, 1.165) is 34.8 Å². The molecule has 5 nitrogen and oxygen atoms in total. The van der Waals surface area contributed by atoms with Crippen LogP contribution in [0.4, 0.5) is 23.1 Å². The molecule has 106 valence electrons. The number of benzene rings is 1. The number of hydrogen-bond acceptors (Lipinski definition) is 6. The van der Waals surface area contributed by atoms with Crippen molar-refractivity contribution in [2.75, 3.05) is 35.7 Å². The highest BCUT2D eigenvalue weighted by atomic mass is 32.1. The van der Waals surface area contributed by atoms with Crippen LogP contribution in [0.15, 0.2) is 35.7 Å². The van der Waals surface area contributed by atoms with E-state index in [-0.39, 0.29) is 0 Å². The first-order chi connectivity index (χ1) is 10.2. The van der Waals surface area contributed by atoms with E-state index < -0.39 is 0 Å². The monoisotopic (exact) mass is 297 g/mol. The summed E-state index contributed by atoms with van der Waals surface area (Å²) in [6, 6.07) is 10.4. The summed E-state index contributed by atoms with van der Waals surface area (Å²) in [5.41, 5.74) is 8.26. The molecule has 0 saturated heterocycles. The molecule has 1 aromatic carbocycles. The molecule has 4 rings (SSSR count). The molecule has 0 unspecified atom stereocenters. The summed E-state index contributed by atoms with van der Waals surface area (Å²) < 4.78 is 0. The van der Waals surface area contributed by atoms with Crippen LogP contribution < -0.4 is 15.5 Å². The number of likely N-dealkylation sites (N-methyl/N-ethyl adjacent to an activating group) is 1. The first kappa shape index (κ1) is 12.4. The van der Waals surface area contributed by atoms with Crippen molar-refractivity contribution in [1.29, 1.82) is 0 Å².